The average molecular weight is 397 g/mol. The number of carbonyl (C=O) groups is 2. The summed E-state index contributed by atoms with van der Waals surface area (Å²) in [5.74, 6) is -1.12. The molecule has 1 aromatic rings. The summed E-state index contributed by atoms with van der Waals surface area (Å²) in [4.78, 5) is 25.7. The minimum atomic E-state index is -1.12. The van der Waals surface area contributed by atoms with Crippen LogP contribution in [0.4, 0.5) is 4.79 Å². The standard InChI is InChI=1S/C18H24BrNO4/c1-17(2,3)24-16(23)20-9-5-8-18(12-20,15(21)22)11-13-6-4-7-14(19)10-13/h4,6-7,10H,5,8-9,11-12H2,1-3H3,(H,21,22)/p-1. The summed E-state index contributed by atoms with van der Waals surface area (Å²) in [6.07, 6.45) is 0.957. The van der Waals surface area contributed by atoms with E-state index in [1.165, 1.54) is 4.90 Å². The molecule has 1 amide bonds. The lowest BCUT2D eigenvalue weighted by atomic mass is 9.75. The number of ether oxygens (including phenoxy) is 1. The van der Waals surface area contributed by atoms with Gasteiger partial charge in [-0.15, -0.1) is 0 Å². The van der Waals surface area contributed by atoms with Crippen LogP contribution in [0.2, 0.25) is 0 Å². The number of rotatable bonds is 3. The van der Waals surface area contributed by atoms with Gasteiger partial charge < -0.3 is 19.5 Å². The summed E-state index contributed by atoms with van der Waals surface area (Å²) in [5.41, 5.74) is -0.793. The van der Waals surface area contributed by atoms with Gasteiger partial charge in [0.25, 0.3) is 0 Å². The van der Waals surface area contributed by atoms with E-state index in [2.05, 4.69) is 15.9 Å². The third-order valence-electron chi connectivity index (χ3n) is 4.09. The lowest BCUT2D eigenvalue weighted by Gasteiger charge is -2.43. The number of hydrogen-bond acceptors (Lipinski definition) is 4. The van der Waals surface area contributed by atoms with E-state index in [9.17, 15) is 14.7 Å². The number of likely N-dealkylation sites (tertiary alicyclic amines) is 1. The van der Waals surface area contributed by atoms with Crippen molar-refractivity contribution in [2.24, 2.45) is 5.41 Å². The molecule has 0 saturated carbocycles. The van der Waals surface area contributed by atoms with E-state index in [0.29, 0.717) is 25.8 Å². The Morgan fingerprint density at radius 3 is 2.67 bits per heavy atom. The Kier molecular flexibility index (Phi) is 5.58. The molecular formula is C18H23BrNO4-. The molecule has 132 valence electrons. The van der Waals surface area contributed by atoms with Crippen LogP contribution in [0.5, 0.6) is 0 Å². The van der Waals surface area contributed by atoms with E-state index in [-0.39, 0.29) is 6.54 Å². The molecule has 5 nitrogen and oxygen atoms in total. The van der Waals surface area contributed by atoms with E-state index >= 15 is 0 Å². The predicted octanol–water partition coefficient (Wildman–Crippen LogP) is 2.76. The molecule has 1 heterocycles. The molecule has 1 aromatic carbocycles. The van der Waals surface area contributed by atoms with Gasteiger partial charge in [0.15, 0.2) is 0 Å². The molecule has 1 saturated heterocycles. The number of piperidine rings is 1. The molecule has 1 unspecified atom stereocenters. The van der Waals surface area contributed by atoms with E-state index in [1.807, 2.05) is 24.3 Å². The van der Waals surface area contributed by atoms with Crippen LogP contribution in [0.3, 0.4) is 0 Å². The molecule has 1 atom stereocenters. The van der Waals surface area contributed by atoms with Gasteiger partial charge in [0, 0.05) is 28.9 Å². The Labute approximate surface area is 151 Å². The summed E-state index contributed by atoms with van der Waals surface area (Å²) in [5, 5.41) is 11.9. The minimum absolute atomic E-state index is 0.108. The summed E-state index contributed by atoms with van der Waals surface area (Å²) >= 11 is 3.40. The van der Waals surface area contributed by atoms with Gasteiger partial charge in [0.05, 0.1) is 0 Å². The van der Waals surface area contributed by atoms with Crippen LogP contribution in [0.25, 0.3) is 0 Å². The summed E-state index contributed by atoms with van der Waals surface area (Å²) in [6, 6.07) is 7.55. The van der Waals surface area contributed by atoms with Gasteiger partial charge in [-0.3, -0.25) is 0 Å². The third-order valence-corrected chi connectivity index (χ3v) is 4.59. The fourth-order valence-electron chi connectivity index (χ4n) is 3.03. The number of halogens is 1. The number of hydrogen-bond donors (Lipinski definition) is 0. The molecule has 6 heteroatoms. The topological polar surface area (TPSA) is 69.7 Å². The molecule has 0 spiro atoms. The number of carboxylic acid groups (broad SMARTS) is 1. The van der Waals surface area contributed by atoms with Crippen LogP contribution < -0.4 is 5.11 Å². The Bertz CT molecular complexity index is 626. The highest BCUT2D eigenvalue weighted by atomic mass is 79.9. The van der Waals surface area contributed by atoms with Gasteiger partial charge in [-0.2, -0.15) is 0 Å². The molecule has 1 fully saturated rings. The van der Waals surface area contributed by atoms with Gasteiger partial charge in [-0.05, 0) is 57.7 Å². The Hall–Kier alpha value is -1.56. The maximum absolute atomic E-state index is 12.3. The second-order valence-electron chi connectivity index (χ2n) is 7.38. The lowest BCUT2D eigenvalue weighted by molar-refractivity contribution is -0.321. The lowest BCUT2D eigenvalue weighted by Crippen LogP contribution is -2.56. The van der Waals surface area contributed by atoms with Crippen molar-refractivity contribution >= 4 is 28.0 Å². The van der Waals surface area contributed by atoms with Crippen molar-refractivity contribution in [3.8, 4) is 0 Å². The van der Waals surface area contributed by atoms with Gasteiger partial charge in [0.1, 0.15) is 5.60 Å². The Morgan fingerprint density at radius 2 is 2.08 bits per heavy atom. The van der Waals surface area contributed by atoms with Crippen LogP contribution in [0.1, 0.15) is 39.2 Å². The van der Waals surface area contributed by atoms with Gasteiger partial charge >= 0.3 is 6.09 Å². The largest absolute Gasteiger partial charge is 0.549 e. The van der Waals surface area contributed by atoms with Crippen molar-refractivity contribution in [3.05, 3.63) is 34.3 Å². The van der Waals surface area contributed by atoms with E-state index < -0.39 is 23.1 Å². The number of carboxylic acids is 1. The smallest absolute Gasteiger partial charge is 0.410 e. The molecule has 24 heavy (non-hydrogen) atoms. The Morgan fingerprint density at radius 1 is 1.38 bits per heavy atom. The first kappa shape index (κ1) is 18.8. The highest BCUT2D eigenvalue weighted by molar-refractivity contribution is 9.10. The highest BCUT2D eigenvalue weighted by Gasteiger charge is 2.39. The molecule has 0 aliphatic carbocycles. The summed E-state index contributed by atoms with van der Waals surface area (Å²) < 4.78 is 6.28. The fourth-order valence-corrected chi connectivity index (χ4v) is 3.48. The summed E-state index contributed by atoms with van der Waals surface area (Å²) in [7, 11) is 0. The summed E-state index contributed by atoms with van der Waals surface area (Å²) in [6.45, 7) is 5.99. The predicted molar refractivity (Wildman–Crippen MR) is 92.3 cm³/mol. The quantitative estimate of drug-likeness (QED) is 0.787. The first-order chi connectivity index (χ1) is 11.1. The molecule has 1 aliphatic heterocycles. The molecule has 0 aromatic heterocycles. The first-order valence-corrected chi connectivity index (χ1v) is 8.84. The highest BCUT2D eigenvalue weighted by Crippen LogP contribution is 2.34. The second-order valence-corrected chi connectivity index (χ2v) is 8.30. The van der Waals surface area contributed by atoms with Crippen LogP contribution in [-0.2, 0) is 16.0 Å². The van der Waals surface area contributed by atoms with Crippen molar-refractivity contribution < 1.29 is 19.4 Å². The van der Waals surface area contributed by atoms with Crippen LogP contribution >= 0.6 is 15.9 Å². The monoisotopic (exact) mass is 396 g/mol. The molecule has 0 N–H and O–H groups in total. The van der Waals surface area contributed by atoms with Gasteiger partial charge in [-0.25, -0.2) is 4.79 Å². The molecule has 0 bridgehead atoms. The molecular weight excluding hydrogens is 374 g/mol. The van der Waals surface area contributed by atoms with Crippen molar-refractivity contribution in [1.29, 1.82) is 0 Å². The Balaban J connectivity index is 2.19. The fraction of sp³-hybridized carbons (Fsp3) is 0.556. The van der Waals surface area contributed by atoms with Crippen molar-refractivity contribution in [3.63, 3.8) is 0 Å². The molecule has 1 aliphatic rings. The van der Waals surface area contributed by atoms with E-state index in [0.717, 1.165) is 10.0 Å². The number of carbonyl (C=O) groups excluding carboxylic acids is 2. The van der Waals surface area contributed by atoms with Crippen LogP contribution in [0.15, 0.2) is 28.7 Å². The SMILES string of the molecule is CC(C)(C)OC(=O)N1CCCC(Cc2cccc(Br)c2)(C(=O)[O-])C1. The van der Waals surface area contributed by atoms with Crippen LogP contribution in [0, 0.1) is 5.41 Å². The number of amides is 1. The maximum atomic E-state index is 12.3. The first-order valence-electron chi connectivity index (χ1n) is 8.05. The van der Waals surface area contributed by atoms with Crippen molar-refractivity contribution in [1.82, 2.24) is 4.90 Å². The normalized spacial score (nSPS) is 21.4. The minimum Gasteiger partial charge on any atom is -0.549 e. The van der Waals surface area contributed by atoms with E-state index in [4.69, 9.17) is 4.74 Å². The number of benzene rings is 1. The zero-order valence-electron chi connectivity index (χ0n) is 14.3. The van der Waals surface area contributed by atoms with Crippen molar-refractivity contribution in [2.75, 3.05) is 13.1 Å². The van der Waals surface area contributed by atoms with Gasteiger partial charge in [-0.1, -0.05) is 28.1 Å². The average Bonchev–Trinajstić information content (AvgIpc) is 2.45. The zero-order valence-corrected chi connectivity index (χ0v) is 15.9. The zero-order chi connectivity index (χ0) is 18.0. The van der Waals surface area contributed by atoms with Gasteiger partial charge in [0.2, 0.25) is 0 Å². The second kappa shape index (κ2) is 7.13. The molecule has 2 rings (SSSR count). The molecule has 0 radical (unpaired) electrons. The number of aliphatic carboxylic acids is 1. The van der Waals surface area contributed by atoms with E-state index in [1.54, 1.807) is 20.8 Å². The third kappa shape index (κ3) is 4.72. The van der Waals surface area contributed by atoms with Crippen molar-refractivity contribution in [2.45, 2.75) is 45.6 Å². The van der Waals surface area contributed by atoms with Crippen LogP contribution in [-0.4, -0.2) is 35.7 Å². The maximum Gasteiger partial charge on any atom is 0.410 e. The number of nitrogens with zero attached hydrogens (tertiary/aromatic N) is 1.